The number of amides is 1. The largest absolute Gasteiger partial charge is 0.497 e. The lowest BCUT2D eigenvalue weighted by Gasteiger charge is -2.32. The average Bonchev–Trinajstić information content (AvgIpc) is 2.85. The van der Waals surface area contributed by atoms with E-state index in [9.17, 15) is 9.59 Å². The summed E-state index contributed by atoms with van der Waals surface area (Å²) in [6.45, 7) is 2.24. The number of ether oxygens (including phenoxy) is 1. The predicted octanol–water partition coefficient (Wildman–Crippen LogP) is 3.07. The highest BCUT2D eigenvalue weighted by atomic mass is 16.5. The molecule has 0 bridgehead atoms. The van der Waals surface area contributed by atoms with Crippen molar-refractivity contribution >= 4 is 16.7 Å². The van der Waals surface area contributed by atoms with E-state index in [1.165, 1.54) is 10.2 Å². The Hall–Kier alpha value is -3.19. The lowest BCUT2D eigenvalue weighted by molar-refractivity contribution is 0.0953. The van der Waals surface area contributed by atoms with Crippen LogP contribution in [0.4, 0.5) is 0 Å². The first-order chi connectivity index (χ1) is 15.6. The number of piperidine rings is 1. The van der Waals surface area contributed by atoms with E-state index in [1.54, 1.807) is 26.3 Å². The zero-order valence-electron chi connectivity index (χ0n) is 18.7. The van der Waals surface area contributed by atoms with Gasteiger partial charge in [0, 0.05) is 25.5 Å². The molecule has 1 N–H and O–H groups in total. The minimum absolute atomic E-state index is 0.158. The Labute approximate surface area is 188 Å². The molecule has 1 saturated heterocycles. The average molecular weight is 435 g/mol. The molecule has 1 aliphatic rings. The first-order valence-electron chi connectivity index (χ1n) is 11.2. The van der Waals surface area contributed by atoms with Crippen LogP contribution in [0, 0.1) is 5.92 Å². The van der Waals surface area contributed by atoms with Gasteiger partial charge in [-0.1, -0.05) is 30.3 Å². The number of hydrogen-bond donors (Lipinski definition) is 1. The summed E-state index contributed by atoms with van der Waals surface area (Å²) in [7, 11) is 3.26. The second-order valence-corrected chi connectivity index (χ2v) is 8.37. The molecule has 32 heavy (non-hydrogen) atoms. The van der Waals surface area contributed by atoms with E-state index in [4.69, 9.17) is 4.74 Å². The molecule has 1 aliphatic heterocycles. The third kappa shape index (κ3) is 4.83. The van der Waals surface area contributed by atoms with Crippen LogP contribution in [-0.2, 0) is 13.1 Å². The minimum Gasteiger partial charge on any atom is -0.497 e. The number of nitrogens with one attached hydrogen (secondary N) is 1. The zero-order chi connectivity index (χ0) is 22.5. The van der Waals surface area contributed by atoms with Crippen molar-refractivity contribution in [2.45, 2.75) is 32.4 Å². The Kier molecular flexibility index (Phi) is 6.85. The van der Waals surface area contributed by atoms with Crippen LogP contribution in [0.15, 0.2) is 53.3 Å². The highest BCUT2D eigenvalue weighted by Crippen LogP contribution is 2.23. The molecule has 1 aromatic heterocycles. The summed E-state index contributed by atoms with van der Waals surface area (Å²) >= 11 is 0. The molecule has 1 fully saturated rings. The third-order valence-corrected chi connectivity index (χ3v) is 6.35. The Morgan fingerprint density at radius 2 is 1.78 bits per heavy atom. The second-order valence-electron chi connectivity index (χ2n) is 8.37. The van der Waals surface area contributed by atoms with Gasteiger partial charge in [0.15, 0.2) is 5.69 Å². The molecule has 2 heterocycles. The van der Waals surface area contributed by atoms with E-state index < -0.39 is 0 Å². The Bertz CT molecular complexity index is 1130. The fourth-order valence-corrected chi connectivity index (χ4v) is 4.39. The summed E-state index contributed by atoms with van der Waals surface area (Å²) in [5.41, 5.74) is 1.47. The molecule has 0 saturated carbocycles. The summed E-state index contributed by atoms with van der Waals surface area (Å²) in [6.07, 6.45) is 4.42. The van der Waals surface area contributed by atoms with Crippen molar-refractivity contribution < 1.29 is 9.53 Å². The maximum atomic E-state index is 13.0. The number of carbonyl (C=O) groups excluding carboxylic acids is 1. The van der Waals surface area contributed by atoms with Gasteiger partial charge in [-0.2, -0.15) is 5.10 Å². The van der Waals surface area contributed by atoms with Crippen LogP contribution in [-0.4, -0.2) is 47.8 Å². The van der Waals surface area contributed by atoms with Gasteiger partial charge < -0.3 is 10.1 Å². The monoisotopic (exact) mass is 434 g/mol. The van der Waals surface area contributed by atoms with E-state index in [2.05, 4.69) is 27.4 Å². The van der Waals surface area contributed by atoms with Gasteiger partial charge in [0.1, 0.15) is 5.75 Å². The molecular weight excluding hydrogens is 404 g/mol. The standard InChI is InChI=1S/C25H30N4O3/c1-26-24(30)23-21-5-3-4-6-22(21)25(31)29(27-23)17-28-15-13-19(14-16-28)8-7-18-9-11-20(32-2)12-10-18/h3-6,9-12,19H,7-8,13-17H2,1-2H3,(H,26,30). The Morgan fingerprint density at radius 1 is 1.09 bits per heavy atom. The molecule has 4 rings (SSSR count). The maximum absolute atomic E-state index is 13.0. The van der Waals surface area contributed by atoms with Gasteiger partial charge in [-0.3, -0.25) is 14.5 Å². The molecule has 7 nitrogen and oxygen atoms in total. The molecule has 0 aliphatic carbocycles. The van der Waals surface area contributed by atoms with Gasteiger partial charge in [-0.15, -0.1) is 0 Å². The number of likely N-dealkylation sites (tertiary alicyclic amines) is 1. The fourth-order valence-electron chi connectivity index (χ4n) is 4.39. The van der Waals surface area contributed by atoms with E-state index in [0.29, 0.717) is 23.4 Å². The Balaban J connectivity index is 1.39. The number of aromatic nitrogens is 2. The van der Waals surface area contributed by atoms with E-state index >= 15 is 0 Å². The molecule has 1 amide bonds. The van der Waals surface area contributed by atoms with E-state index in [0.717, 1.165) is 44.5 Å². The quantitative estimate of drug-likeness (QED) is 0.619. The van der Waals surface area contributed by atoms with Crippen LogP contribution in [0.5, 0.6) is 5.75 Å². The number of fused-ring (bicyclic) bond motifs is 1. The molecule has 0 atom stereocenters. The lowest BCUT2D eigenvalue weighted by atomic mass is 9.91. The highest BCUT2D eigenvalue weighted by molar-refractivity contribution is 6.04. The predicted molar refractivity (Wildman–Crippen MR) is 125 cm³/mol. The fraction of sp³-hybridized carbons (Fsp3) is 0.400. The van der Waals surface area contributed by atoms with E-state index in [-0.39, 0.29) is 17.2 Å². The third-order valence-electron chi connectivity index (χ3n) is 6.35. The van der Waals surface area contributed by atoms with Crippen LogP contribution >= 0.6 is 0 Å². The van der Waals surface area contributed by atoms with Crippen LogP contribution in [0.25, 0.3) is 10.8 Å². The van der Waals surface area contributed by atoms with Crippen LogP contribution in [0.1, 0.15) is 35.3 Å². The molecule has 0 spiro atoms. The van der Waals surface area contributed by atoms with Crippen molar-refractivity contribution in [2.75, 3.05) is 27.2 Å². The van der Waals surface area contributed by atoms with Crippen molar-refractivity contribution in [3.63, 3.8) is 0 Å². The van der Waals surface area contributed by atoms with E-state index in [1.807, 2.05) is 24.3 Å². The number of aryl methyl sites for hydroxylation is 1. The highest BCUT2D eigenvalue weighted by Gasteiger charge is 2.21. The molecule has 168 valence electrons. The first-order valence-corrected chi connectivity index (χ1v) is 11.2. The van der Waals surface area contributed by atoms with Crippen molar-refractivity contribution in [3.05, 3.63) is 70.1 Å². The second kappa shape index (κ2) is 9.96. The van der Waals surface area contributed by atoms with Gasteiger partial charge in [0.2, 0.25) is 0 Å². The zero-order valence-corrected chi connectivity index (χ0v) is 18.7. The van der Waals surface area contributed by atoms with Crippen molar-refractivity contribution in [1.29, 1.82) is 0 Å². The summed E-state index contributed by atoms with van der Waals surface area (Å²) in [5.74, 6) is 1.28. The summed E-state index contributed by atoms with van der Waals surface area (Å²) in [4.78, 5) is 27.6. The molecule has 3 aromatic rings. The molecule has 2 aromatic carbocycles. The van der Waals surface area contributed by atoms with Gasteiger partial charge >= 0.3 is 0 Å². The number of benzene rings is 2. The van der Waals surface area contributed by atoms with Crippen molar-refractivity contribution in [1.82, 2.24) is 20.0 Å². The topological polar surface area (TPSA) is 76.5 Å². The number of carbonyl (C=O) groups is 1. The lowest BCUT2D eigenvalue weighted by Crippen LogP contribution is -2.40. The van der Waals surface area contributed by atoms with Gasteiger partial charge in [-0.25, -0.2) is 4.68 Å². The van der Waals surface area contributed by atoms with Gasteiger partial charge in [0.25, 0.3) is 11.5 Å². The SMILES string of the molecule is CNC(=O)c1nn(CN2CCC(CCc3ccc(OC)cc3)CC2)c(=O)c2ccccc12. The van der Waals surface area contributed by atoms with Crippen molar-refractivity contribution in [2.24, 2.45) is 5.92 Å². The van der Waals surface area contributed by atoms with Crippen LogP contribution in [0.2, 0.25) is 0 Å². The van der Waals surface area contributed by atoms with Crippen LogP contribution < -0.4 is 15.6 Å². The molecular formula is C25H30N4O3. The number of methoxy groups -OCH3 is 1. The summed E-state index contributed by atoms with van der Waals surface area (Å²) in [6, 6.07) is 15.5. The van der Waals surface area contributed by atoms with Crippen molar-refractivity contribution in [3.8, 4) is 5.75 Å². The normalized spacial score (nSPS) is 15.1. The number of hydrogen-bond acceptors (Lipinski definition) is 5. The first kappa shape index (κ1) is 22.0. The number of nitrogens with zero attached hydrogens (tertiary/aromatic N) is 3. The maximum Gasteiger partial charge on any atom is 0.275 e. The van der Waals surface area contributed by atoms with Gasteiger partial charge in [-0.05, 0) is 55.4 Å². The van der Waals surface area contributed by atoms with Gasteiger partial charge in [0.05, 0.1) is 19.2 Å². The minimum atomic E-state index is -0.285. The smallest absolute Gasteiger partial charge is 0.275 e. The Morgan fingerprint density at radius 3 is 2.44 bits per heavy atom. The van der Waals surface area contributed by atoms with Crippen LogP contribution in [0.3, 0.4) is 0 Å². The molecule has 7 heteroatoms. The molecule has 0 unspecified atom stereocenters. The molecule has 0 radical (unpaired) electrons. The summed E-state index contributed by atoms with van der Waals surface area (Å²) in [5, 5.41) is 8.15. The number of rotatable bonds is 7. The summed E-state index contributed by atoms with van der Waals surface area (Å²) < 4.78 is 6.66.